The minimum absolute atomic E-state index is 0.125. The van der Waals surface area contributed by atoms with Gasteiger partial charge in [0.05, 0.1) is 6.07 Å². The molecule has 4 rings (SSSR count). The molecule has 1 aliphatic heterocycles. The van der Waals surface area contributed by atoms with Crippen molar-refractivity contribution in [2.45, 2.75) is 12.5 Å². The van der Waals surface area contributed by atoms with Gasteiger partial charge in [-0.15, -0.1) is 0 Å². The van der Waals surface area contributed by atoms with Gasteiger partial charge < -0.3 is 4.90 Å². The van der Waals surface area contributed by atoms with Crippen LogP contribution in [0.15, 0.2) is 48.5 Å². The predicted octanol–water partition coefficient (Wildman–Crippen LogP) is 3.63. The molecule has 1 heterocycles. The summed E-state index contributed by atoms with van der Waals surface area (Å²) in [7, 11) is 2.14. The molecular weight excluding hydrogens is 325 g/mol. The Balaban J connectivity index is 1.88. The highest BCUT2D eigenvalue weighted by atomic mass is 19.1. The Labute approximate surface area is 154 Å². The van der Waals surface area contributed by atoms with E-state index in [1.807, 2.05) is 18.2 Å². The van der Waals surface area contributed by atoms with Gasteiger partial charge in [0.15, 0.2) is 0 Å². The van der Waals surface area contributed by atoms with E-state index in [2.05, 4.69) is 35.0 Å². The summed E-state index contributed by atoms with van der Waals surface area (Å²) < 4.78 is 14.2. The van der Waals surface area contributed by atoms with Crippen molar-refractivity contribution in [3.05, 3.63) is 76.6 Å². The fourth-order valence-corrected chi connectivity index (χ4v) is 4.16. The zero-order valence-electron chi connectivity index (χ0n) is 15.0. The van der Waals surface area contributed by atoms with Gasteiger partial charge in [-0.1, -0.05) is 30.3 Å². The van der Waals surface area contributed by atoms with E-state index in [0.717, 1.165) is 54.9 Å². The summed E-state index contributed by atoms with van der Waals surface area (Å²) in [4.78, 5) is 4.79. The largest absolute Gasteiger partial charge is 0.304 e. The Morgan fingerprint density at radius 1 is 1.08 bits per heavy atom. The highest BCUT2D eigenvalue weighted by Gasteiger charge is 2.30. The maximum Gasteiger partial charge on any atom is 0.123 e. The summed E-state index contributed by atoms with van der Waals surface area (Å²) in [5.74, 6) is -0.217. The van der Waals surface area contributed by atoms with Crippen LogP contribution in [0.25, 0.3) is 5.57 Å². The molecule has 1 saturated heterocycles. The van der Waals surface area contributed by atoms with Crippen LogP contribution in [0.5, 0.6) is 0 Å². The average Bonchev–Trinajstić information content (AvgIpc) is 2.78. The lowest BCUT2D eigenvalue weighted by Crippen LogP contribution is -2.46. The van der Waals surface area contributed by atoms with Crippen LogP contribution in [0.3, 0.4) is 0 Å². The summed E-state index contributed by atoms with van der Waals surface area (Å²) >= 11 is 0. The van der Waals surface area contributed by atoms with Crippen molar-refractivity contribution in [1.82, 2.24) is 9.80 Å². The summed E-state index contributed by atoms with van der Waals surface area (Å²) in [5, 5.41) is 9.34. The SMILES string of the molecule is CN1CCN(C2Cc3ccccc3/C(=C/C#N)c3ccc(F)cc32)CC1. The molecule has 0 aromatic heterocycles. The van der Waals surface area contributed by atoms with Crippen LogP contribution >= 0.6 is 0 Å². The summed E-state index contributed by atoms with van der Waals surface area (Å²) in [6.07, 6.45) is 2.43. The third-order valence-electron chi connectivity index (χ3n) is 5.57. The van der Waals surface area contributed by atoms with Gasteiger partial charge in [-0.25, -0.2) is 4.39 Å². The number of hydrogen-bond acceptors (Lipinski definition) is 3. The second-order valence-corrected chi connectivity index (χ2v) is 7.13. The third kappa shape index (κ3) is 3.05. The lowest BCUT2D eigenvalue weighted by molar-refractivity contribution is 0.111. The van der Waals surface area contributed by atoms with E-state index >= 15 is 0 Å². The summed E-state index contributed by atoms with van der Waals surface area (Å²) in [6, 6.07) is 15.5. The van der Waals surface area contributed by atoms with Crippen molar-refractivity contribution in [3.8, 4) is 6.07 Å². The number of rotatable bonds is 1. The molecule has 0 radical (unpaired) electrons. The Morgan fingerprint density at radius 2 is 1.85 bits per heavy atom. The van der Waals surface area contributed by atoms with Crippen LogP contribution < -0.4 is 0 Å². The maximum absolute atomic E-state index is 14.2. The minimum atomic E-state index is -0.217. The van der Waals surface area contributed by atoms with Crippen LogP contribution in [0.1, 0.15) is 28.3 Å². The first-order chi connectivity index (χ1) is 12.7. The first-order valence-corrected chi connectivity index (χ1v) is 9.08. The molecule has 1 atom stereocenters. The van der Waals surface area contributed by atoms with E-state index in [1.165, 1.54) is 11.6 Å². The molecule has 3 nitrogen and oxygen atoms in total. The molecule has 1 fully saturated rings. The quantitative estimate of drug-likeness (QED) is 0.738. The summed E-state index contributed by atoms with van der Waals surface area (Å²) in [6.45, 7) is 3.97. The molecular formula is C22H22FN3. The smallest absolute Gasteiger partial charge is 0.123 e. The van der Waals surface area contributed by atoms with Crippen molar-refractivity contribution >= 4 is 5.57 Å². The fraction of sp³-hybridized carbons (Fsp3) is 0.318. The number of halogens is 1. The number of allylic oxidation sites excluding steroid dienone is 1. The number of hydrogen-bond donors (Lipinski definition) is 0. The van der Waals surface area contributed by atoms with Crippen molar-refractivity contribution < 1.29 is 4.39 Å². The van der Waals surface area contributed by atoms with Gasteiger partial charge in [-0.3, -0.25) is 4.90 Å². The molecule has 1 aliphatic carbocycles. The normalized spacial score (nSPS) is 22.3. The zero-order valence-corrected chi connectivity index (χ0v) is 15.0. The van der Waals surface area contributed by atoms with E-state index < -0.39 is 0 Å². The number of piperazine rings is 1. The Kier molecular flexibility index (Phi) is 4.58. The van der Waals surface area contributed by atoms with Crippen molar-refractivity contribution in [3.63, 3.8) is 0 Å². The van der Waals surface area contributed by atoms with Gasteiger partial charge in [0.1, 0.15) is 5.82 Å². The van der Waals surface area contributed by atoms with Crippen molar-refractivity contribution in [1.29, 1.82) is 5.26 Å². The lowest BCUT2D eigenvalue weighted by Gasteiger charge is -2.38. The molecule has 132 valence electrons. The van der Waals surface area contributed by atoms with Crippen molar-refractivity contribution in [2.24, 2.45) is 0 Å². The molecule has 1 unspecified atom stereocenters. The highest BCUT2D eigenvalue weighted by molar-refractivity contribution is 5.85. The van der Waals surface area contributed by atoms with Crippen LogP contribution in [0.4, 0.5) is 4.39 Å². The van der Waals surface area contributed by atoms with Crippen LogP contribution in [0, 0.1) is 17.1 Å². The molecule has 0 amide bonds. The van der Waals surface area contributed by atoms with Crippen LogP contribution in [0.2, 0.25) is 0 Å². The number of benzene rings is 2. The monoisotopic (exact) mass is 347 g/mol. The molecule has 2 aliphatic rings. The van der Waals surface area contributed by atoms with Gasteiger partial charge in [0, 0.05) is 38.3 Å². The minimum Gasteiger partial charge on any atom is -0.304 e. The van der Waals surface area contributed by atoms with E-state index in [0.29, 0.717) is 0 Å². The zero-order chi connectivity index (χ0) is 18.1. The number of fused-ring (bicyclic) bond motifs is 2. The van der Waals surface area contributed by atoms with Gasteiger partial charge in [0.2, 0.25) is 0 Å². The Morgan fingerprint density at radius 3 is 2.62 bits per heavy atom. The van der Waals surface area contributed by atoms with E-state index in [9.17, 15) is 9.65 Å². The van der Waals surface area contributed by atoms with Crippen molar-refractivity contribution in [2.75, 3.05) is 33.2 Å². The lowest BCUT2D eigenvalue weighted by atomic mass is 9.93. The maximum atomic E-state index is 14.2. The molecule has 26 heavy (non-hydrogen) atoms. The van der Waals surface area contributed by atoms with Crippen LogP contribution in [-0.4, -0.2) is 43.0 Å². The van der Waals surface area contributed by atoms with Gasteiger partial charge >= 0.3 is 0 Å². The molecule has 2 aromatic carbocycles. The molecule has 4 heteroatoms. The first kappa shape index (κ1) is 17.0. The molecule has 0 saturated carbocycles. The molecule has 0 N–H and O–H groups in total. The second kappa shape index (κ2) is 7.03. The number of nitriles is 1. The highest BCUT2D eigenvalue weighted by Crippen LogP contribution is 2.40. The predicted molar refractivity (Wildman–Crippen MR) is 101 cm³/mol. The first-order valence-electron chi connectivity index (χ1n) is 9.08. The van der Waals surface area contributed by atoms with Gasteiger partial charge in [-0.2, -0.15) is 5.26 Å². The second-order valence-electron chi connectivity index (χ2n) is 7.13. The van der Waals surface area contributed by atoms with Gasteiger partial charge in [-0.05, 0) is 53.4 Å². The fourth-order valence-electron chi connectivity index (χ4n) is 4.16. The third-order valence-corrected chi connectivity index (χ3v) is 5.57. The molecule has 2 aromatic rings. The van der Waals surface area contributed by atoms with Gasteiger partial charge in [0.25, 0.3) is 0 Å². The van der Waals surface area contributed by atoms with E-state index in [-0.39, 0.29) is 11.9 Å². The number of likely N-dealkylation sites (N-methyl/N-ethyl adjacent to an activating group) is 1. The molecule has 0 bridgehead atoms. The standard InChI is InChI=1S/C22H22FN3/c1-25-10-12-26(13-11-25)22-14-16-4-2-3-5-18(16)20(8-9-24)19-7-6-17(23)15-21(19)22/h2-8,15,22H,10-14H2,1H3/b20-8-. The van der Waals surface area contributed by atoms with E-state index in [4.69, 9.17) is 0 Å². The number of nitrogens with zero attached hydrogens (tertiary/aromatic N) is 3. The van der Waals surface area contributed by atoms with E-state index in [1.54, 1.807) is 12.1 Å². The topological polar surface area (TPSA) is 30.3 Å². The molecule has 0 spiro atoms. The summed E-state index contributed by atoms with van der Waals surface area (Å²) in [5.41, 5.74) is 5.16. The Bertz CT molecular complexity index is 889. The average molecular weight is 347 g/mol. The Hall–Kier alpha value is -2.48. The van der Waals surface area contributed by atoms with Crippen LogP contribution in [-0.2, 0) is 6.42 Å².